The summed E-state index contributed by atoms with van der Waals surface area (Å²) in [6.07, 6.45) is 3.90. The number of Topliss-reactive ketones (excluding diaryl/α,β-unsaturated/α-hetero) is 1. The first-order valence-corrected chi connectivity index (χ1v) is 7.14. The van der Waals surface area contributed by atoms with Gasteiger partial charge in [-0.25, -0.2) is 0 Å². The summed E-state index contributed by atoms with van der Waals surface area (Å²) >= 11 is 3.42. The third kappa shape index (κ3) is 2.41. The van der Waals surface area contributed by atoms with Crippen LogP contribution in [0.25, 0.3) is 5.57 Å². The van der Waals surface area contributed by atoms with Crippen molar-refractivity contribution >= 4 is 27.3 Å². The van der Waals surface area contributed by atoms with Gasteiger partial charge >= 0.3 is 0 Å². The van der Waals surface area contributed by atoms with Crippen molar-refractivity contribution in [2.45, 2.75) is 12.8 Å². The van der Waals surface area contributed by atoms with Gasteiger partial charge in [-0.2, -0.15) is 0 Å². The average molecular weight is 313 g/mol. The minimum Gasteiger partial charge on any atom is -0.289 e. The molecule has 0 saturated heterocycles. The Morgan fingerprint density at radius 2 is 1.68 bits per heavy atom. The van der Waals surface area contributed by atoms with Gasteiger partial charge in [-0.05, 0) is 36.1 Å². The standard InChI is InChI=1S/C17H13BrO/c18-14-10-8-13(9-11-14)16-7-3-5-12-4-1-2-6-15(12)17(16)19/h1-2,4,6-11H,3,5H2. The van der Waals surface area contributed by atoms with Gasteiger partial charge < -0.3 is 0 Å². The molecule has 2 aromatic carbocycles. The Balaban J connectivity index is 2.06. The van der Waals surface area contributed by atoms with E-state index in [0.29, 0.717) is 0 Å². The molecule has 0 radical (unpaired) electrons. The van der Waals surface area contributed by atoms with E-state index in [1.54, 1.807) is 0 Å². The van der Waals surface area contributed by atoms with Gasteiger partial charge in [0.15, 0.2) is 5.78 Å². The number of carbonyl (C=O) groups excluding carboxylic acids is 1. The first-order valence-electron chi connectivity index (χ1n) is 6.34. The van der Waals surface area contributed by atoms with Crippen LogP contribution in [0.3, 0.4) is 0 Å². The van der Waals surface area contributed by atoms with E-state index in [1.165, 1.54) is 0 Å². The maximum absolute atomic E-state index is 12.6. The second-order valence-electron chi connectivity index (χ2n) is 4.65. The summed E-state index contributed by atoms with van der Waals surface area (Å²) in [5.41, 5.74) is 3.80. The number of rotatable bonds is 1. The molecule has 0 fully saturated rings. The third-order valence-corrected chi connectivity index (χ3v) is 3.95. The summed E-state index contributed by atoms with van der Waals surface area (Å²) in [5, 5.41) is 0. The fourth-order valence-corrected chi connectivity index (χ4v) is 2.71. The minimum atomic E-state index is 0.135. The minimum absolute atomic E-state index is 0.135. The van der Waals surface area contributed by atoms with Gasteiger partial charge in [0.25, 0.3) is 0 Å². The highest BCUT2D eigenvalue weighted by Crippen LogP contribution is 2.27. The summed E-state index contributed by atoms with van der Waals surface area (Å²) in [6.45, 7) is 0. The highest BCUT2D eigenvalue weighted by Gasteiger charge is 2.19. The molecular formula is C17H13BrO. The first kappa shape index (κ1) is 12.4. The SMILES string of the molecule is O=C1C(c2ccc(Br)cc2)=CCCc2ccccc21. The molecule has 19 heavy (non-hydrogen) atoms. The van der Waals surface area contributed by atoms with Crippen LogP contribution in [0.4, 0.5) is 0 Å². The molecule has 0 unspecified atom stereocenters. The lowest BCUT2D eigenvalue weighted by Gasteiger charge is -2.07. The molecule has 0 N–H and O–H groups in total. The summed E-state index contributed by atoms with van der Waals surface area (Å²) in [6, 6.07) is 15.8. The molecule has 2 aromatic rings. The molecule has 0 spiro atoms. The predicted octanol–water partition coefficient (Wildman–Crippen LogP) is 4.66. The predicted molar refractivity (Wildman–Crippen MR) is 81.2 cm³/mol. The Morgan fingerprint density at radius 3 is 2.47 bits per heavy atom. The monoisotopic (exact) mass is 312 g/mol. The Morgan fingerprint density at radius 1 is 0.947 bits per heavy atom. The van der Waals surface area contributed by atoms with Crippen LogP contribution in [-0.2, 0) is 6.42 Å². The number of carbonyl (C=O) groups is 1. The van der Waals surface area contributed by atoms with Crippen LogP contribution < -0.4 is 0 Å². The van der Waals surface area contributed by atoms with Crippen molar-refractivity contribution in [2.75, 3.05) is 0 Å². The lowest BCUT2D eigenvalue weighted by Crippen LogP contribution is -2.03. The van der Waals surface area contributed by atoms with Crippen molar-refractivity contribution in [3.05, 3.63) is 75.8 Å². The van der Waals surface area contributed by atoms with Crippen molar-refractivity contribution in [1.29, 1.82) is 0 Å². The van der Waals surface area contributed by atoms with Gasteiger partial charge in [0, 0.05) is 15.6 Å². The van der Waals surface area contributed by atoms with Crippen molar-refractivity contribution in [1.82, 2.24) is 0 Å². The van der Waals surface area contributed by atoms with Gasteiger partial charge in [-0.1, -0.05) is 58.4 Å². The van der Waals surface area contributed by atoms with Crippen LogP contribution in [0, 0.1) is 0 Å². The number of ketones is 1. The normalized spacial score (nSPS) is 14.6. The number of hydrogen-bond acceptors (Lipinski definition) is 1. The Bertz CT molecular complexity index is 653. The Hall–Kier alpha value is -1.67. The molecule has 0 saturated carbocycles. The third-order valence-electron chi connectivity index (χ3n) is 3.42. The van der Waals surface area contributed by atoms with Gasteiger partial charge in [0.05, 0.1) is 0 Å². The molecule has 3 rings (SSSR count). The van der Waals surface area contributed by atoms with Gasteiger partial charge in [0.2, 0.25) is 0 Å². The van der Waals surface area contributed by atoms with Gasteiger partial charge in [-0.15, -0.1) is 0 Å². The van der Waals surface area contributed by atoms with Crippen molar-refractivity contribution < 1.29 is 4.79 Å². The van der Waals surface area contributed by atoms with Crippen LogP contribution in [0.5, 0.6) is 0 Å². The number of fused-ring (bicyclic) bond motifs is 1. The van der Waals surface area contributed by atoms with E-state index in [9.17, 15) is 4.79 Å². The number of hydrogen-bond donors (Lipinski definition) is 0. The number of benzene rings is 2. The van der Waals surface area contributed by atoms with Gasteiger partial charge in [0.1, 0.15) is 0 Å². The zero-order valence-corrected chi connectivity index (χ0v) is 12.0. The maximum Gasteiger partial charge on any atom is 0.193 e. The quantitative estimate of drug-likeness (QED) is 0.748. The molecule has 0 amide bonds. The lowest BCUT2D eigenvalue weighted by molar-refractivity contribution is 0.105. The maximum atomic E-state index is 12.6. The van der Waals surface area contributed by atoms with Crippen molar-refractivity contribution in [3.8, 4) is 0 Å². The van der Waals surface area contributed by atoms with E-state index in [1.807, 2.05) is 48.5 Å². The summed E-state index contributed by atoms with van der Waals surface area (Å²) in [4.78, 5) is 12.6. The number of halogens is 1. The molecule has 0 atom stereocenters. The Kier molecular flexibility index (Phi) is 3.34. The van der Waals surface area contributed by atoms with E-state index in [0.717, 1.165) is 39.6 Å². The van der Waals surface area contributed by atoms with E-state index >= 15 is 0 Å². The zero-order valence-electron chi connectivity index (χ0n) is 10.4. The van der Waals surface area contributed by atoms with Crippen molar-refractivity contribution in [2.24, 2.45) is 0 Å². The highest BCUT2D eigenvalue weighted by molar-refractivity contribution is 9.10. The van der Waals surface area contributed by atoms with Crippen LogP contribution in [0.1, 0.15) is 27.9 Å². The highest BCUT2D eigenvalue weighted by atomic mass is 79.9. The summed E-state index contributed by atoms with van der Waals surface area (Å²) in [5.74, 6) is 0.135. The molecule has 1 aliphatic carbocycles. The molecule has 0 aromatic heterocycles. The number of allylic oxidation sites excluding steroid dienone is 2. The lowest BCUT2D eigenvalue weighted by atomic mass is 9.95. The van der Waals surface area contributed by atoms with Gasteiger partial charge in [-0.3, -0.25) is 4.79 Å². The molecule has 1 aliphatic rings. The molecule has 94 valence electrons. The van der Waals surface area contributed by atoms with E-state index in [-0.39, 0.29) is 5.78 Å². The summed E-state index contributed by atoms with van der Waals surface area (Å²) < 4.78 is 1.03. The number of aryl methyl sites for hydroxylation is 1. The second-order valence-corrected chi connectivity index (χ2v) is 5.57. The van der Waals surface area contributed by atoms with Crippen molar-refractivity contribution in [3.63, 3.8) is 0 Å². The van der Waals surface area contributed by atoms with Crippen LogP contribution in [0.15, 0.2) is 59.1 Å². The first-order chi connectivity index (χ1) is 9.25. The molecule has 0 aliphatic heterocycles. The second kappa shape index (κ2) is 5.14. The molecule has 0 bridgehead atoms. The molecule has 2 heteroatoms. The molecule has 0 heterocycles. The fraction of sp³-hybridized carbons (Fsp3) is 0.118. The smallest absolute Gasteiger partial charge is 0.193 e. The van der Waals surface area contributed by atoms with E-state index in [4.69, 9.17) is 0 Å². The zero-order chi connectivity index (χ0) is 13.2. The Labute approximate surface area is 121 Å². The van der Waals surface area contributed by atoms with E-state index in [2.05, 4.69) is 22.0 Å². The summed E-state index contributed by atoms with van der Waals surface area (Å²) in [7, 11) is 0. The van der Waals surface area contributed by atoms with Crippen LogP contribution in [-0.4, -0.2) is 5.78 Å². The van der Waals surface area contributed by atoms with Crippen LogP contribution >= 0.6 is 15.9 Å². The molecular weight excluding hydrogens is 300 g/mol. The topological polar surface area (TPSA) is 17.1 Å². The van der Waals surface area contributed by atoms with Crippen LogP contribution in [0.2, 0.25) is 0 Å². The fourth-order valence-electron chi connectivity index (χ4n) is 2.45. The largest absolute Gasteiger partial charge is 0.289 e. The average Bonchev–Trinajstić information content (AvgIpc) is 2.60. The van der Waals surface area contributed by atoms with E-state index < -0.39 is 0 Å². The molecule has 1 nitrogen and oxygen atoms in total.